The fourth-order valence-electron chi connectivity index (χ4n) is 2.73. The van der Waals surface area contributed by atoms with E-state index in [0.29, 0.717) is 22.0 Å². The van der Waals surface area contributed by atoms with Gasteiger partial charge >= 0.3 is 0 Å². The molecule has 0 saturated carbocycles. The summed E-state index contributed by atoms with van der Waals surface area (Å²) in [5.41, 5.74) is 5.98. The lowest BCUT2D eigenvalue weighted by molar-refractivity contribution is -0.120. The summed E-state index contributed by atoms with van der Waals surface area (Å²) in [6.45, 7) is 3.57. The quantitative estimate of drug-likeness (QED) is 0.641. The average Bonchev–Trinajstić information content (AvgIpc) is 2.70. The van der Waals surface area contributed by atoms with E-state index in [1.165, 1.54) is 14.2 Å². The number of benzene rings is 2. The van der Waals surface area contributed by atoms with Crippen LogP contribution in [0.4, 0.5) is 0 Å². The molecular formula is C21H24N2O5S. The second kappa shape index (κ2) is 9.97. The largest absolute Gasteiger partial charge is 0.493 e. The van der Waals surface area contributed by atoms with Crippen LogP contribution in [-0.4, -0.2) is 37.2 Å². The van der Waals surface area contributed by atoms with E-state index < -0.39 is 17.9 Å². The van der Waals surface area contributed by atoms with Crippen LogP contribution in [0.1, 0.15) is 34.6 Å². The summed E-state index contributed by atoms with van der Waals surface area (Å²) in [7, 11) is 2.94. The molecule has 0 aromatic heterocycles. The molecule has 0 radical (unpaired) electrons. The summed E-state index contributed by atoms with van der Waals surface area (Å²) < 4.78 is 10.6. The summed E-state index contributed by atoms with van der Waals surface area (Å²) in [4.78, 5) is 37.7. The lowest BCUT2D eigenvalue weighted by atomic mass is 10.0. The van der Waals surface area contributed by atoms with E-state index in [2.05, 4.69) is 5.32 Å². The third kappa shape index (κ3) is 5.29. The minimum atomic E-state index is -0.810. The van der Waals surface area contributed by atoms with Gasteiger partial charge in [0.25, 0.3) is 5.91 Å². The van der Waals surface area contributed by atoms with Crippen LogP contribution < -0.4 is 20.5 Å². The Hall–Kier alpha value is -3.00. The molecule has 0 bridgehead atoms. The van der Waals surface area contributed by atoms with Crippen molar-refractivity contribution in [2.75, 3.05) is 14.2 Å². The molecule has 0 aliphatic heterocycles. The van der Waals surface area contributed by atoms with Crippen LogP contribution in [0.25, 0.3) is 0 Å². The van der Waals surface area contributed by atoms with E-state index in [4.69, 9.17) is 15.2 Å². The van der Waals surface area contributed by atoms with Gasteiger partial charge in [-0.05, 0) is 41.9 Å². The molecule has 0 saturated heterocycles. The standard InChI is InChI=1S/C21H24N2O5S/c1-12(2)17(19(22)24)23-20(25)13-8-5-6-11-16(13)29-21(26)14-9-7-10-15(27-3)18(14)28-4/h5-12,17H,1-4H3,(H2,22,24)(H,23,25). The molecule has 29 heavy (non-hydrogen) atoms. The number of primary amides is 1. The van der Waals surface area contributed by atoms with Crippen molar-refractivity contribution in [3.05, 3.63) is 53.6 Å². The first kappa shape index (κ1) is 22.3. The van der Waals surface area contributed by atoms with Crippen LogP contribution in [0.3, 0.4) is 0 Å². The maximum atomic E-state index is 12.9. The Labute approximate surface area is 173 Å². The lowest BCUT2D eigenvalue weighted by Crippen LogP contribution is -2.47. The first-order valence-electron chi connectivity index (χ1n) is 8.92. The molecule has 1 atom stereocenters. The van der Waals surface area contributed by atoms with Gasteiger partial charge < -0.3 is 20.5 Å². The number of methoxy groups -OCH3 is 2. The normalized spacial score (nSPS) is 11.6. The van der Waals surface area contributed by atoms with E-state index in [1.54, 1.807) is 56.3 Å². The summed E-state index contributed by atoms with van der Waals surface area (Å²) in [6, 6.07) is 10.9. The average molecular weight is 416 g/mol. The summed E-state index contributed by atoms with van der Waals surface area (Å²) >= 11 is 0.893. The van der Waals surface area contributed by atoms with Gasteiger partial charge in [-0.3, -0.25) is 14.4 Å². The summed E-state index contributed by atoms with van der Waals surface area (Å²) in [5.74, 6) is -0.500. The Morgan fingerprint density at radius 2 is 1.62 bits per heavy atom. The smallest absolute Gasteiger partial charge is 0.253 e. The molecule has 3 N–H and O–H groups in total. The van der Waals surface area contributed by atoms with Gasteiger partial charge in [0.15, 0.2) is 11.5 Å². The molecule has 0 aliphatic rings. The predicted molar refractivity (Wildman–Crippen MR) is 111 cm³/mol. The molecular weight excluding hydrogens is 392 g/mol. The van der Waals surface area contributed by atoms with Crippen molar-refractivity contribution in [1.29, 1.82) is 0 Å². The minimum absolute atomic E-state index is 0.168. The van der Waals surface area contributed by atoms with Gasteiger partial charge in [0.2, 0.25) is 11.0 Å². The third-order valence-corrected chi connectivity index (χ3v) is 5.20. The van der Waals surface area contributed by atoms with E-state index in [9.17, 15) is 14.4 Å². The van der Waals surface area contributed by atoms with Gasteiger partial charge in [-0.2, -0.15) is 0 Å². The van der Waals surface area contributed by atoms with E-state index in [-0.39, 0.29) is 16.6 Å². The van der Waals surface area contributed by atoms with Crippen molar-refractivity contribution < 1.29 is 23.9 Å². The van der Waals surface area contributed by atoms with Crippen molar-refractivity contribution in [3.63, 3.8) is 0 Å². The second-order valence-corrected chi connectivity index (χ2v) is 7.54. The predicted octanol–water partition coefficient (Wildman–Crippen LogP) is 2.88. The molecule has 7 nitrogen and oxygen atoms in total. The second-order valence-electron chi connectivity index (χ2n) is 6.52. The maximum absolute atomic E-state index is 12.9. The molecule has 2 aromatic carbocycles. The van der Waals surface area contributed by atoms with Gasteiger partial charge in [-0.25, -0.2) is 0 Å². The number of nitrogens with two attached hydrogens (primary N) is 1. The third-order valence-electron chi connectivity index (χ3n) is 4.22. The highest BCUT2D eigenvalue weighted by atomic mass is 32.2. The molecule has 0 aliphatic carbocycles. The van der Waals surface area contributed by atoms with E-state index in [1.807, 2.05) is 0 Å². The van der Waals surface area contributed by atoms with Crippen molar-refractivity contribution in [3.8, 4) is 11.5 Å². The molecule has 0 heterocycles. The van der Waals surface area contributed by atoms with Gasteiger partial charge in [0.05, 0.1) is 25.3 Å². The van der Waals surface area contributed by atoms with Crippen molar-refractivity contribution in [2.45, 2.75) is 24.8 Å². The molecule has 2 aromatic rings. The Balaban J connectivity index is 2.31. The summed E-state index contributed by atoms with van der Waals surface area (Å²) in [5, 5.41) is 2.33. The zero-order valence-corrected chi connectivity index (χ0v) is 17.5. The van der Waals surface area contributed by atoms with Gasteiger partial charge in [-0.1, -0.05) is 32.0 Å². The molecule has 2 amide bonds. The molecule has 8 heteroatoms. The van der Waals surface area contributed by atoms with E-state index >= 15 is 0 Å². The summed E-state index contributed by atoms with van der Waals surface area (Å²) in [6.07, 6.45) is 0. The molecule has 1 unspecified atom stereocenters. The van der Waals surface area contributed by atoms with Gasteiger partial charge in [0.1, 0.15) is 6.04 Å². The number of nitrogens with one attached hydrogen (secondary N) is 1. The van der Waals surface area contributed by atoms with Crippen LogP contribution in [0.2, 0.25) is 0 Å². The highest BCUT2D eigenvalue weighted by Crippen LogP contribution is 2.35. The highest BCUT2D eigenvalue weighted by Gasteiger charge is 2.25. The zero-order chi connectivity index (χ0) is 21.6. The number of carbonyl (C=O) groups is 3. The topological polar surface area (TPSA) is 108 Å². The SMILES string of the molecule is COc1cccc(C(=O)Sc2ccccc2C(=O)NC(C(N)=O)C(C)C)c1OC. The van der Waals surface area contributed by atoms with E-state index in [0.717, 1.165) is 11.8 Å². The van der Waals surface area contributed by atoms with Crippen LogP contribution in [0, 0.1) is 5.92 Å². The molecule has 154 valence electrons. The van der Waals surface area contributed by atoms with Gasteiger partial charge in [-0.15, -0.1) is 0 Å². The number of amides is 2. The fourth-order valence-corrected chi connectivity index (χ4v) is 3.62. The Morgan fingerprint density at radius 3 is 2.21 bits per heavy atom. The van der Waals surface area contributed by atoms with Crippen molar-refractivity contribution in [1.82, 2.24) is 5.32 Å². The number of hydrogen-bond acceptors (Lipinski definition) is 6. The highest BCUT2D eigenvalue weighted by molar-refractivity contribution is 8.14. The molecule has 2 rings (SSSR count). The number of hydrogen-bond donors (Lipinski definition) is 2. The number of carbonyl (C=O) groups excluding carboxylic acids is 3. The number of ether oxygens (including phenoxy) is 2. The minimum Gasteiger partial charge on any atom is -0.493 e. The van der Waals surface area contributed by atoms with Crippen LogP contribution in [0.15, 0.2) is 47.4 Å². The van der Waals surface area contributed by atoms with Crippen LogP contribution in [0.5, 0.6) is 11.5 Å². The number of thioether (sulfide) groups is 1. The lowest BCUT2D eigenvalue weighted by Gasteiger charge is -2.19. The number of rotatable bonds is 8. The first-order valence-corrected chi connectivity index (χ1v) is 9.74. The molecule has 0 spiro atoms. The Kier molecular flexibility index (Phi) is 7.67. The first-order chi connectivity index (χ1) is 13.8. The Bertz CT molecular complexity index is 914. The number of para-hydroxylation sites is 1. The van der Waals surface area contributed by atoms with Crippen molar-refractivity contribution in [2.24, 2.45) is 11.7 Å². The van der Waals surface area contributed by atoms with Crippen molar-refractivity contribution >= 4 is 28.7 Å². The van der Waals surface area contributed by atoms with Gasteiger partial charge in [0, 0.05) is 4.90 Å². The molecule has 0 fully saturated rings. The van der Waals surface area contributed by atoms with Crippen LogP contribution >= 0.6 is 11.8 Å². The van der Waals surface area contributed by atoms with Crippen LogP contribution in [-0.2, 0) is 4.79 Å². The maximum Gasteiger partial charge on any atom is 0.253 e. The monoisotopic (exact) mass is 416 g/mol. The fraction of sp³-hybridized carbons (Fsp3) is 0.286. The Morgan fingerprint density at radius 1 is 0.966 bits per heavy atom. The zero-order valence-electron chi connectivity index (χ0n) is 16.7.